The van der Waals surface area contributed by atoms with E-state index in [-0.39, 0.29) is 5.57 Å². The molecule has 48 heavy (non-hydrogen) atoms. The average Bonchev–Trinajstić information content (AvgIpc) is 3.76. The molecule has 0 spiro atoms. The van der Waals surface area contributed by atoms with Crippen molar-refractivity contribution in [3.05, 3.63) is 118 Å². The molecule has 2 aliphatic rings. The van der Waals surface area contributed by atoms with Crippen molar-refractivity contribution in [1.82, 2.24) is 18.9 Å². The van der Waals surface area contributed by atoms with E-state index < -0.39 is 17.8 Å². The van der Waals surface area contributed by atoms with Gasteiger partial charge >= 0.3 is 6.03 Å². The molecule has 0 unspecified atom stereocenters. The summed E-state index contributed by atoms with van der Waals surface area (Å²) in [5, 5.41) is 9.36. The number of allylic oxidation sites excluding steroid dienone is 5. The third kappa shape index (κ3) is 4.23. The number of urea groups is 1. The Morgan fingerprint density at radius 3 is 1.40 bits per heavy atom. The van der Waals surface area contributed by atoms with Crippen LogP contribution in [0.15, 0.2) is 107 Å². The first-order valence-electron chi connectivity index (χ1n) is 16.6. The van der Waals surface area contributed by atoms with Crippen molar-refractivity contribution < 1.29 is 14.4 Å². The largest absolute Gasteiger partial charge is 0.341 e. The number of imide groups is 2. The minimum atomic E-state index is -0.626. The van der Waals surface area contributed by atoms with Gasteiger partial charge in [0.1, 0.15) is 5.57 Å². The van der Waals surface area contributed by atoms with Crippen molar-refractivity contribution >= 4 is 73.3 Å². The van der Waals surface area contributed by atoms with Gasteiger partial charge in [0.25, 0.3) is 11.8 Å². The second-order valence-corrected chi connectivity index (χ2v) is 12.6. The molecule has 0 N–H and O–H groups in total. The van der Waals surface area contributed by atoms with Crippen LogP contribution in [0.5, 0.6) is 0 Å². The molecule has 8 rings (SSSR count). The minimum absolute atomic E-state index is 0.0414. The number of aryl methyl sites for hydroxylation is 2. The van der Waals surface area contributed by atoms with Gasteiger partial charge in [0.05, 0.1) is 0 Å². The van der Waals surface area contributed by atoms with E-state index in [1.54, 1.807) is 0 Å². The molecule has 4 aromatic carbocycles. The van der Waals surface area contributed by atoms with Crippen molar-refractivity contribution in [3.8, 4) is 0 Å². The predicted octanol–water partition coefficient (Wildman–Crippen LogP) is 6.63. The molecule has 1 saturated carbocycles. The van der Waals surface area contributed by atoms with Gasteiger partial charge in [-0.2, -0.15) is 0 Å². The quantitative estimate of drug-likeness (QED) is 0.162. The summed E-state index contributed by atoms with van der Waals surface area (Å²) in [5.41, 5.74) is 4.84. The van der Waals surface area contributed by atoms with E-state index in [1.165, 1.54) is 57.4 Å². The molecule has 0 atom stereocenters. The molecule has 1 aliphatic heterocycles. The first-order chi connectivity index (χ1) is 23.3. The molecule has 0 radical (unpaired) electrons. The Bertz CT molecular complexity index is 2390. The molecule has 2 aromatic heterocycles. The molecule has 1 aliphatic carbocycles. The molecular weight excluding hydrogens is 596 g/mol. The van der Waals surface area contributed by atoms with Crippen LogP contribution in [-0.4, -0.2) is 50.9 Å². The van der Waals surface area contributed by atoms with Gasteiger partial charge < -0.3 is 9.13 Å². The standard InChI is InChI=1S/C41H36N4O3/c1-5-44-31(29-15-7-11-25-13-9-17-33(44)36(25)29)23-21-27-19-20-28(35(27)38-39(46)42(3)41(48)43(4)40(38)47)22-24-32-30-16-8-12-26-14-10-18-34(37(26)30)45(32)6-2/h7-18,21-24H,5-6,19-20H2,1-4H3. The highest BCUT2D eigenvalue weighted by atomic mass is 16.2. The molecule has 238 valence electrons. The lowest BCUT2D eigenvalue weighted by molar-refractivity contribution is -0.134. The highest BCUT2D eigenvalue weighted by Crippen LogP contribution is 2.40. The monoisotopic (exact) mass is 632 g/mol. The first kappa shape index (κ1) is 29.7. The molecule has 7 nitrogen and oxygen atoms in total. The van der Waals surface area contributed by atoms with E-state index in [0.717, 1.165) is 44.7 Å². The number of likely N-dealkylation sites (N-methyl/N-ethyl adjacent to an activating group) is 2. The van der Waals surface area contributed by atoms with Crippen LogP contribution in [0, 0.1) is 0 Å². The maximum atomic E-state index is 13.7. The topological polar surface area (TPSA) is 67.6 Å². The van der Waals surface area contributed by atoms with Crippen molar-refractivity contribution in [2.75, 3.05) is 14.1 Å². The fourth-order valence-corrected chi connectivity index (χ4v) is 7.89. The number of aromatic nitrogens is 2. The summed E-state index contributed by atoms with van der Waals surface area (Å²) in [4.78, 5) is 42.3. The van der Waals surface area contributed by atoms with Crippen LogP contribution in [0.2, 0.25) is 0 Å². The summed E-state index contributed by atoms with van der Waals surface area (Å²) in [7, 11) is 2.87. The number of amides is 4. The molecule has 1 saturated heterocycles. The van der Waals surface area contributed by atoms with Crippen molar-refractivity contribution in [2.24, 2.45) is 0 Å². The smallest absolute Gasteiger partial charge is 0.333 e. The van der Waals surface area contributed by atoms with Crippen molar-refractivity contribution in [1.29, 1.82) is 0 Å². The first-order valence-corrected chi connectivity index (χ1v) is 16.6. The van der Waals surface area contributed by atoms with Crippen molar-refractivity contribution in [2.45, 2.75) is 39.8 Å². The highest BCUT2D eigenvalue weighted by Gasteiger charge is 2.41. The Labute approximate surface area is 278 Å². The second kappa shape index (κ2) is 11.2. The Morgan fingerprint density at radius 1 is 0.562 bits per heavy atom. The number of rotatable bonds is 4. The fraction of sp³-hybridized carbons (Fsp3) is 0.195. The van der Waals surface area contributed by atoms with Crippen LogP contribution in [0.1, 0.15) is 26.7 Å². The number of carbonyl (C=O) groups is 3. The number of hydrogen-bond acceptors (Lipinski definition) is 3. The zero-order valence-corrected chi connectivity index (χ0v) is 27.6. The molecule has 0 bridgehead atoms. The lowest BCUT2D eigenvalue weighted by Gasteiger charge is -2.30. The zero-order chi connectivity index (χ0) is 33.3. The summed E-state index contributed by atoms with van der Waals surface area (Å²) in [6.07, 6.45) is 9.71. The van der Waals surface area contributed by atoms with Gasteiger partial charge in [-0.1, -0.05) is 72.8 Å². The van der Waals surface area contributed by atoms with E-state index in [9.17, 15) is 14.4 Å². The molecule has 6 aromatic rings. The van der Waals surface area contributed by atoms with Gasteiger partial charge in [-0.3, -0.25) is 19.4 Å². The van der Waals surface area contributed by atoms with Gasteiger partial charge in [-0.05, 0) is 78.5 Å². The molecule has 3 heterocycles. The van der Waals surface area contributed by atoms with Gasteiger partial charge in [-0.15, -0.1) is 0 Å². The summed E-state index contributed by atoms with van der Waals surface area (Å²) in [6, 6.07) is 24.9. The maximum absolute atomic E-state index is 13.7. The van der Waals surface area contributed by atoms with Gasteiger partial charge in [0, 0.05) is 70.5 Å². The minimum Gasteiger partial charge on any atom is -0.341 e. The Balaban J connectivity index is 1.37. The van der Waals surface area contributed by atoms with Crippen LogP contribution in [-0.2, 0) is 22.7 Å². The predicted molar refractivity (Wildman–Crippen MR) is 193 cm³/mol. The lowest BCUT2D eigenvalue weighted by atomic mass is 9.95. The lowest BCUT2D eigenvalue weighted by Crippen LogP contribution is -2.53. The number of hydrogen-bond donors (Lipinski definition) is 0. The Hall–Kier alpha value is -5.69. The van der Waals surface area contributed by atoms with Crippen LogP contribution in [0.4, 0.5) is 4.79 Å². The van der Waals surface area contributed by atoms with Crippen molar-refractivity contribution in [3.63, 3.8) is 0 Å². The molecule has 4 amide bonds. The third-order valence-corrected chi connectivity index (χ3v) is 10.2. The molecule has 7 heteroatoms. The van der Waals surface area contributed by atoms with Crippen LogP contribution in [0.25, 0.3) is 55.5 Å². The number of barbiturate groups is 1. The summed E-state index contributed by atoms with van der Waals surface area (Å²) < 4.78 is 4.62. The van der Waals surface area contributed by atoms with Crippen LogP contribution < -0.4 is 10.7 Å². The second-order valence-electron chi connectivity index (χ2n) is 12.6. The van der Waals surface area contributed by atoms with Gasteiger partial charge in [-0.25, -0.2) is 4.79 Å². The summed E-state index contributed by atoms with van der Waals surface area (Å²) in [6.45, 7) is 5.89. The van der Waals surface area contributed by atoms with Gasteiger partial charge in [0.15, 0.2) is 0 Å². The number of benzene rings is 4. The average molecular weight is 633 g/mol. The summed E-state index contributed by atoms with van der Waals surface area (Å²) in [5.74, 6) is -1.14. The Kier molecular flexibility index (Phi) is 6.95. The normalized spacial score (nSPS) is 18.7. The number of nitrogens with zero attached hydrogens (tertiary/aromatic N) is 4. The van der Waals surface area contributed by atoms with E-state index in [2.05, 4.69) is 120 Å². The number of carbonyl (C=O) groups excluding carboxylic acids is 3. The summed E-state index contributed by atoms with van der Waals surface area (Å²) >= 11 is 0. The van der Waals surface area contributed by atoms with E-state index >= 15 is 0 Å². The Morgan fingerprint density at radius 2 is 0.979 bits per heavy atom. The van der Waals surface area contributed by atoms with E-state index in [1.807, 2.05) is 0 Å². The van der Waals surface area contributed by atoms with Gasteiger partial charge in [0.2, 0.25) is 0 Å². The van der Waals surface area contributed by atoms with Crippen LogP contribution in [0.3, 0.4) is 0 Å². The van der Waals surface area contributed by atoms with E-state index in [0.29, 0.717) is 18.4 Å². The zero-order valence-electron chi connectivity index (χ0n) is 27.6. The van der Waals surface area contributed by atoms with E-state index in [4.69, 9.17) is 0 Å². The third-order valence-electron chi connectivity index (χ3n) is 10.2. The highest BCUT2D eigenvalue weighted by molar-refractivity contribution is 6.29. The molecular formula is C41H36N4O3. The maximum Gasteiger partial charge on any atom is 0.333 e. The SMILES string of the molecule is CCn1c(=CC=C2CCC(=CC=c3c4cccc5cccc(c54)n3CC)C2=C2C(=O)N(C)C(=O)N(C)C2=O)c2cccc3cccc1c32. The fourth-order valence-electron chi connectivity index (χ4n) is 7.89. The molecule has 2 fully saturated rings. The van der Waals surface area contributed by atoms with Crippen LogP contribution >= 0.6 is 0 Å².